The van der Waals surface area contributed by atoms with Gasteiger partial charge in [-0.2, -0.15) is 0 Å². The molecule has 0 radical (unpaired) electrons. The molecule has 1 amide bonds. The van der Waals surface area contributed by atoms with E-state index in [2.05, 4.69) is 5.32 Å². The van der Waals surface area contributed by atoms with Gasteiger partial charge in [-0.05, 0) is 35.8 Å². The smallest absolute Gasteiger partial charge is 0.488 e. The van der Waals surface area contributed by atoms with Gasteiger partial charge in [0, 0.05) is 17.3 Å². The van der Waals surface area contributed by atoms with Crippen LogP contribution >= 0.6 is 0 Å². The van der Waals surface area contributed by atoms with Crippen LogP contribution < -0.4 is 15.5 Å². The number of carbonyl (C=O) groups is 1. The summed E-state index contributed by atoms with van der Waals surface area (Å²) in [5.74, 6) is -0.723. The van der Waals surface area contributed by atoms with Gasteiger partial charge in [-0.15, -0.1) is 0 Å². The summed E-state index contributed by atoms with van der Waals surface area (Å²) in [7, 11) is -0.341. The fourth-order valence-corrected chi connectivity index (χ4v) is 1.80. The van der Waals surface area contributed by atoms with Gasteiger partial charge in [0.05, 0.1) is 7.11 Å². The van der Waals surface area contributed by atoms with Crippen LogP contribution in [-0.2, 0) is 0 Å². The Balaban J connectivity index is 2.23. The monoisotopic (exact) mass is 289 g/mol. The molecule has 0 aromatic heterocycles. The Morgan fingerprint density at radius 1 is 1.24 bits per heavy atom. The van der Waals surface area contributed by atoms with Crippen LogP contribution in [0.5, 0.6) is 5.75 Å². The molecule has 0 spiro atoms. The van der Waals surface area contributed by atoms with Gasteiger partial charge in [0.1, 0.15) is 11.6 Å². The third kappa shape index (κ3) is 3.81. The number of methoxy groups -OCH3 is 1. The van der Waals surface area contributed by atoms with Gasteiger partial charge < -0.3 is 20.1 Å². The number of carbonyl (C=O) groups excluding carboxylic acids is 1. The second-order valence-corrected chi connectivity index (χ2v) is 4.33. The predicted molar refractivity (Wildman–Crippen MR) is 77.2 cm³/mol. The Morgan fingerprint density at radius 3 is 2.67 bits per heavy atom. The number of amides is 1. The number of benzene rings is 2. The van der Waals surface area contributed by atoms with Crippen LogP contribution in [0.25, 0.3) is 0 Å². The molecule has 21 heavy (non-hydrogen) atoms. The van der Waals surface area contributed by atoms with Crippen LogP contribution in [0.15, 0.2) is 42.5 Å². The number of hydrogen-bond donors (Lipinski definition) is 3. The number of ether oxygens (including phenoxy) is 1. The molecule has 2 rings (SSSR count). The summed E-state index contributed by atoms with van der Waals surface area (Å²) < 4.78 is 18.4. The molecule has 5 nitrogen and oxygen atoms in total. The van der Waals surface area contributed by atoms with Crippen molar-refractivity contribution in [3.05, 3.63) is 53.8 Å². The van der Waals surface area contributed by atoms with E-state index >= 15 is 0 Å². The molecule has 0 saturated carbocycles. The Kier molecular flexibility index (Phi) is 4.57. The molecule has 0 saturated heterocycles. The van der Waals surface area contributed by atoms with E-state index in [4.69, 9.17) is 14.8 Å². The molecule has 7 heteroatoms. The quantitative estimate of drug-likeness (QED) is 0.726. The van der Waals surface area contributed by atoms with Crippen molar-refractivity contribution in [1.82, 2.24) is 0 Å². The SMILES string of the molecule is COc1cccc(NC(=O)c2cc(F)cc(B(O)O)c2)c1. The molecular weight excluding hydrogens is 276 g/mol. The van der Waals surface area contributed by atoms with Crippen LogP contribution in [-0.4, -0.2) is 30.2 Å². The van der Waals surface area contributed by atoms with Crippen molar-refractivity contribution >= 4 is 24.2 Å². The summed E-state index contributed by atoms with van der Waals surface area (Å²) in [5.41, 5.74) is 0.376. The first kappa shape index (κ1) is 15.0. The summed E-state index contributed by atoms with van der Waals surface area (Å²) >= 11 is 0. The van der Waals surface area contributed by atoms with Gasteiger partial charge in [0.15, 0.2) is 0 Å². The van der Waals surface area contributed by atoms with Gasteiger partial charge in [-0.3, -0.25) is 4.79 Å². The van der Waals surface area contributed by atoms with Crippen LogP contribution in [0.1, 0.15) is 10.4 Å². The summed E-state index contributed by atoms with van der Waals surface area (Å²) in [4.78, 5) is 12.1. The second kappa shape index (κ2) is 6.38. The maximum Gasteiger partial charge on any atom is 0.488 e. The molecule has 0 unspecified atom stereocenters. The summed E-state index contributed by atoms with van der Waals surface area (Å²) in [6.45, 7) is 0. The average molecular weight is 289 g/mol. The third-order valence-corrected chi connectivity index (χ3v) is 2.81. The molecule has 0 heterocycles. The number of halogens is 1. The minimum Gasteiger partial charge on any atom is -0.497 e. The first-order chi connectivity index (χ1) is 9.99. The van der Waals surface area contributed by atoms with E-state index in [0.29, 0.717) is 11.4 Å². The maximum atomic E-state index is 13.4. The number of rotatable bonds is 4. The molecule has 108 valence electrons. The molecule has 0 aliphatic rings. The molecule has 0 fully saturated rings. The lowest BCUT2D eigenvalue weighted by Crippen LogP contribution is -2.31. The molecule has 0 atom stereocenters. The summed E-state index contributed by atoms with van der Waals surface area (Å²) in [6, 6.07) is 9.86. The van der Waals surface area contributed by atoms with E-state index < -0.39 is 18.8 Å². The first-order valence-electron chi connectivity index (χ1n) is 6.11. The minimum atomic E-state index is -1.84. The molecule has 0 bridgehead atoms. The Morgan fingerprint density at radius 2 is 2.00 bits per heavy atom. The molecule has 3 N–H and O–H groups in total. The third-order valence-electron chi connectivity index (χ3n) is 2.81. The summed E-state index contributed by atoms with van der Waals surface area (Å²) in [5, 5.41) is 20.7. The zero-order valence-corrected chi connectivity index (χ0v) is 11.2. The minimum absolute atomic E-state index is 0.0130. The standard InChI is InChI=1S/C14H13BFNO4/c1-21-13-4-2-3-12(8-13)17-14(18)9-5-10(15(19)20)7-11(16)6-9/h2-8,19-20H,1H3,(H,17,18). The number of anilines is 1. The Labute approximate surface area is 121 Å². The van der Waals surface area contributed by atoms with E-state index in [9.17, 15) is 9.18 Å². The van der Waals surface area contributed by atoms with Crippen LogP contribution in [0.2, 0.25) is 0 Å². The van der Waals surface area contributed by atoms with E-state index in [0.717, 1.165) is 12.1 Å². The van der Waals surface area contributed by atoms with Crippen molar-refractivity contribution in [3.63, 3.8) is 0 Å². The topological polar surface area (TPSA) is 78.8 Å². The lowest BCUT2D eigenvalue weighted by Gasteiger charge is -2.08. The second-order valence-electron chi connectivity index (χ2n) is 4.33. The number of hydrogen-bond acceptors (Lipinski definition) is 4. The van der Waals surface area contributed by atoms with Crippen LogP contribution in [0.3, 0.4) is 0 Å². The van der Waals surface area contributed by atoms with Crippen molar-refractivity contribution < 1.29 is 24.0 Å². The fraction of sp³-hybridized carbons (Fsp3) is 0.0714. The van der Waals surface area contributed by atoms with Crippen molar-refractivity contribution in [3.8, 4) is 5.75 Å². The highest BCUT2D eigenvalue weighted by Gasteiger charge is 2.16. The first-order valence-corrected chi connectivity index (χ1v) is 6.11. The maximum absolute atomic E-state index is 13.4. The molecule has 2 aromatic carbocycles. The van der Waals surface area contributed by atoms with E-state index in [1.165, 1.54) is 13.2 Å². The molecular formula is C14H13BFNO4. The lowest BCUT2D eigenvalue weighted by molar-refractivity contribution is 0.102. The van der Waals surface area contributed by atoms with Gasteiger partial charge in [0.2, 0.25) is 0 Å². The molecule has 0 aliphatic heterocycles. The highest BCUT2D eigenvalue weighted by molar-refractivity contribution is 6.58. The zero-order valence-electron chi connectivity index (χ0n) is 11.2. The van der Waals surface area contributed by atoms with E-state index in [1.807, 2.05) is 0 Å². The highest BCUT2D eigenvalue weighted by Crippen LogP contribution is 2.17. The van der Waals surface area contributed by atoms with Crippen molar-refractivity contribution in [1.29, 1.82) is 0 Å². The van der Waals surface area contributed by atoms with Gasteiger partial charge in [-0.1, -0.05) is 6.07 Å². The van der Waals surface area contributed by atoms with Gasteiger partial charge in [0.25, 0.3) is 5.91 Å². The number of nitrogens with one attached hydrogen (secondary N) is 1. The normalized spacial score (nSPS) is 10.1. The van der Waals surface area contributed by atoms with Crippen molar-refractivity contribution in [2.45, 2.75) is 0 Å². The van der Waals surface area contributed by atoms with Crippen LogP contribution in [0, 0.1) is 5.82 Å². The van der Waals surface area contributed by atoms with Gasteiger partial charge >= 0.3 is 7.12 Å². The largest absolute Gasteiger partial charge is 0.497 e. The Hall–Kier alpha value is -2.38. The summed E-state index contributed by atoms with van der Waals surface area (Å²) in [6.07, 6.45) is 0. The van der Waals surface area contributed by atoms with Crippen LogP contribution in [0.4, 0.5) is 10.1 Å². The van der Waals surface area contributed by atoms with E-state index in [1.54, 1.807) is 24.3 Å². The molecule has 2 aromatic rings. The molecule has 0 aliphatic carbocycles. The lowest BCUT2D eigenvalue weighted by atomic mass is 9.79. The van der Waals surface area contributed by atoms with Gasteiger partial charge in [-0.25, -0.2) is 4.39 Å². The fourth-order valence-electron chi connectivity index (χ4n) is 1.80. The zero-order chi connectivity index (χ0) is 15.4. The van der Waals surface area contributed by atoms with Crippen molar-refractivity contribution in [2.24, 2.45) is 0 Å². The average Bonchev–Trinajstić information content (AvgIpc) is 2.46. The van der Waals surface area contributed by atoms with Crippen molar-refractivity contribution in [2.75, 3.05) is 12.4 Å². The predicted octanol–water partition coefficient (Wildman–Crippen LogP) is 0.766. The Bertz CT molecular complexity index is 663. The highest BCUT2D eigenvalue weighted by atomic mass is 19.1. The van der Waals surface area contributed by atoms with E-state index in [-0.39, 0.29) is 11.0 Å².